The zero-order chi connectivity index (χ0) is 42.7. The molecular formula is C44H53N3O9SSi2. The van der Waals surface area contributed by atoms with Crippen molar-refractivity contribution in [2.75, 3.05) is 19.5 Å². The van der Waals surface area contributed by atoms with E-state index in [1.807, 2.05) is 121 Å². The number of aromatic amines is 1. The molecule has 2 heterocycles. The van der Waals surface area contributed by atoms with Crippen LogP contribution in [0.3, 0.4) is 0 Å². The molecule has 4 aromatic carbocycles. The lowest BCUT2D eigenvalue weighted by atomic mass is 10.0. The Hall–Kier alpha value is -4.75. The number of nitrogens with zero attached hydrogens (tertiary/aromatic N) is 2. The largest absolute Gasteiger partial charge is 0.402 e. The molecule has 5 aromatic rings. The average molecular weight is 856 g/mol. The topological polar surface area (TPSA) is 148 Å². The first-order valence-electron chi connectivity index (χ1n) is 19.4. The lowest BCUT2D eigenvalue weighted by Crippen LogP contribution is -2.70. The lowest BCUT2D eigenvalue weighted by Gasteiger charge is -2.47. The fraction of sp³-hybridized carbons (Fsp3) is 0.341. The molecule has 0 aliphatic carbocycles. The Kier molecular flexibility index (Phi) is 12.7. The molecule has 0 spiro atoms. The van der Waals surface area contributed by atoms with E-state index in [9.17, 15) is 18.0 Å². The van der Waals surface area contributed by atoms with Crippen molar-refractivity contribution in [3.8, 4) is 0 Å². The summed E-state index contributed by atoms with van der Waals surface area (Å²) in [4.78, 5) is 34.8. The highest BCUT2D eigenvalue weighted by atomic mass is 32.2. The first-order valence-corrected chi connectivity index (χ1v) is 25.0. The van der Waals surface area contributed by atoms with Crippen molar-refractivity contribution < 1.29 is 31.0 Å². The van der Waals surface area contributed by atoms with E-state index in [2.05, 4.69) is 58.4 Å². The molecule has 15 heteroatoms. The Labute approximate surface area is 348 Å². The third-order valence-electron chi connectivity index (χ3n) is 10.9. The quantitative estimate of drug-likeness (QED) is 0.0713. The van der Waals surface area contributed by atoms with Gasteiger partial charge in [0.05, 0.1) is 12.9 Å². The molecule has 1 aliphatic rings. The van der Waals surface area contributed by atoms with Gasteiger partial charge in [0, 0.05) is 19.0 Å². The molecule has 6 rings (SSSR count). The third-order valence-corrected chi connectivity index (χ3v) is 21.5. The Bertz CT molecular complexity index is 2340. The van der Waals surface area contributed by atoms with Crippen LogP contribution in [-0.4, -0.2) is 79.1 Å². The minimum atomic E-state index is -4.34. The van der Waals surface area contributed by atoms with Crippen molar-refractivity contribution in [3.05, 3.63) is 154 Å². The highest BCUT2D eigenvalue weighted by Gasteiger charge is 2.65. The van der Waals surface area contributed by atoms with Gasteiger partial charge in [-0.15, -0.1) is 5.16 Å². The van der Waals surface area contributed by atoms with Gasteiger partial charge in [-0.1, -0.05) is 163 Å². The summed E-state index contributed by atoms with van der Waals surface area (Å²) in [5.41, 5.74) is -3.63. The molecule has 312 valence electrons. The van der Waals surface area contributed by atoms with Crippen LogP contribution in [0.15, 0.2) is 148 Å². The van der Waals surface area contributed by atoms with Crippen LogP contribution in [0.5, 0.6) is 0 Å². The summed E-state index contributed by atoms with van der Waals surface area (Å²) in [5.74, 6) is 0. The van der Waals surface area contributed by atoms with Crippen molar-refractivity contribution in [2.24, 2.45) is 5.16 Å². The molecule has 1 saturated heterocycles. The average Bonchev–Trinajstić information content (AvgIpc) is 3.47. The van der Waals surface area contributed by atoms with Crippen LogP contribution in [-0.2, 0) is 38.5 Å². The van der Waals surface area contributed by atoms with E-state index in [1.165, 1.54) is 12.3 Å². The molecule has 0 bridgehead atoms. The number of nitrogens with one attached hydrogen (secondary N) is 1. The van der Waals surface area contributed by atoms with Gasteiger partial charge < -0.3 is 18.4 Å². The van der Waals surface area contributed by atoms with E-state index in [0.717, 1.165) is 31.6 Å². The number of benzene rings is 4. The van der Waals surface area contributed by atoms with Crippen LogP contribution < -0.4 is 32.0 Å². The molecule has 1 aliphatic heterocycles. The van der Waals surface area contributed by atoms with Crippen LogP contribution in [0.25, 0.3) is 0 Å². The van der Waals surface area contributed by atoms with E-state index in [1.54, 1.807) is 0 Å². The van der Waals surface area contributed by atoms with Gasteiger partial charge in [-0.3, -0.25) is 18.5 Å². The number of hydrogen-bond donors (Lipinski definition) is 1. The summed E-state index contributed by atoms with van der Waals surface area (Å²) >= 11 is 0. The van der Waals surface area contributed by atoms with E-state index in [-0.39, 0.29) is 6.61 Å². The van der Waals surface area contributed by atoms with Gasteiger partial charge in [0.1, 0.15) is 18.8 Å². The van der Waals surface area contributed by atoms with Crippen molar-refractivity contribution in [1.82, 2.24) is 9.55 Å². The second-order valence-electron chi connectivity index (χ2n) is 16.8. The van der Waals surface area contributed by atoms with Crippen LogP contribution in [0.1, 0.15) is 41.5 Å². The molecular weight excluding hydrogens is 803 g/mol. The maximum absolute atomic E-state index is 14.2. The van der Waals surface area contributed by atoms with E-state index < -0.39 is 78.7 Å². The summed E-state index contributed by atoms with van der Waals surface area (Å²) in [7, 11) is -11.3. The Morgan fingerprint density at radius 2 is 1.19 bits per heavy atom. The molecule has 0 amide bonds. The molecule has 59 heavy (non-hydrogen) atoms. The van der Waals surface area contributed by atoms with E-state index in [0.29, 0.717) is 0 Å². The number of ether oxygens (including phenoxy) is 1. The van der Waals surface area contributed by atoms with Crippen molar-refractivity contribution in [2.45, 2.75) is 75.7 Å². The number of oxime groups is 1. The smallest absolute Gasteiger partial charge is 0.330 e. The predicted octanol–water partition coefficient (Wildman–Crippen LogP) is 4.09. The first-order chi connectivity index (χ1) is 27.9. The van der Waals surface area contributed by atoms with Gasteiger partial charge in [-0.25, -0.2) is 4.79 Å². The Morgan fingerprint density at radius 3 is 1.58 bits per heavy atom. The normalized spacial score (nSPS) is 20.3. The minimum absolute atomic E-state index is 0.269. The number of rotatable bonds is 15. The second kappa shape index (κ2) is 17.1. The second-order valence-corrected chi connectivity index (χ2v) is 27.0. The fourth-order valence-corrected chi connectivity index (χ4v) is 18.4. The zero-order valence-electron chi connectivity index (χ0n) is 34.5. The maximum Gasteiger partial charge on any atom is 0.330 e. The third kappa shape index (κ3) is 8.50. The van der Waals surface area contributed by atoms with Gasteiger partial charge in [0.15, 0.2) is 6.10 Å². The van der Waals surface area contributed by atoms with Crippen molar-refractivity contribution >= 4 is 54.2 Å². The van der Waals surface area contributed by atoms with Gasteiger partial charge in [0.25, 0.3) is 32.3 Å². The summed E-state index contributed by atoms with van der Waals surface area (Å²) < 4.78 is 56.9. The van der Waals surface area contributed by atoms with Gasteiger partial charge in [-0.2, -0.15) is 8.42 Å². The minimum Gasteiger partial charge on any atom is -0.402 e. The zero-order valence-corrected chi connectivity index (χ0v) is 37.3. The molecule has 12 nitrogen and oxygen atoms in total. The number of H-pyrrole nitrogens is 1. The van der Waals surface area contributed by atoms with Crippen molar-refractivity contribution in [1.29, 1.82) is 0 Å². The fourth-order valence-electron chi connectivity index (χ4n) is 8.52. The van der Waals surface area contributed by atoms with E-state index >= 15 is 0 Å². The van der Waals surface area contributed by atoms with Crippen LogP contribution >= 0.6 is 0 Å². The van der Waals surface area contributed by atoms with Crippen LogP contribution in [0.2, 0.25) is 10.1 Å². The first kappa shape index (κ1) is 43.8. The Balaban J connectivity index is 1.67. The highest BCUT2D eigenvalue weighted by Crippen LogP contribution is 2.46. The predicted molar refractivity (Wildman–Crippen MR) is 235 cm³/mol. The standard InChI is InChI=1S/C44H53N3O9SSi2/c1-42(2,3)58(33-21-13-9-14-22-33,34-23-15-10-16-24-34)53-32-44(47-30-29-38(48)46-41(47)49)40(55-57(8,50)51)39(37(54-44)31-52-45-7)56-59(43(4,5)6,35-25-17-11-18-26-35)36-27-19-12-20-28-36/h9-30,37,39-40H,7,31-32H2,1-6,8H3,(H,46,48,49)/t37?,39?,40?,44-/m0/s1. The molecule has 4 atom stereocenters. The highest BCUT2D eigenvalue weighted by molar-refractivity contribution is 7.86. The SMILES string of the molecule is C=NOCC1O[C@](CO[Si](c2ccccc2)(c2ccccc2)C(C)(C)C)(n2ccc(=O)[nH]c2=O)C(OS(C)(=O)=O)C1O[Si](c1ccccc1)(c1ccccc1)C(C)(C)C. The van der Waals surface area contributed by atoms with Gasteiger partial charge in [0.2, 0.25) is 5.72 Å². The van der Waals surface area contributed by atoms with Gasteiger partial charge >= 0.3 is 5.69 Å². The van der Waals surface area contributed by atoms with E-state index in [4.69, 9.17) is 22.6 Å². The van der Waals surface area contributed by atoms with Gasteiger partial charge in [-0.05, 0) is 30.8 Å². The molecule has 0 saturated carbocycles. The summed E-state index contributed by atoms with van der Waals surface area (Å²) in [5, 5.41) is 6.20. The molecule has 3 unspecified atom stereocenters. The monoisotopic (exact) mass is 855 g/mol. The number of aromatic nitrogens is 2. The summed E-state index contributed by atoms with van der Waals surface area (Å²) in [6.07, 6.45) is -1.77. The lowest BCUT2D eigenvalue weighted by molar-refractivity contribution is -0.167. The number of hydrogen-bond acceptors (Lipinski definition) is 10. The molecule has 1 N–H and O–H groups in total. The molecule has 1 fully saturated rings. The van der Waals surface area contributed by atoms with Crippen molar-refractivity contribution in [3.63, 3.8) is 0 Å². The molecule has 0 radical (unpaired) electrons. The summed E-state index contributed by atoms with van der Waals surface area (Å²) in [6.45, 7) is 15.4. The Morgan fingerprint density at radius 1 is 0.746 bits per heavy atom. The summed E-state index contributed by atoms with van der Waals surface area (Å²) in [6, 6.07) is 40.5. The molecule has 1 aromatic heterocycles. The van der Waals surface area contributed by atoms with Crippen LogP contribution in [0.4, 0.5) is 0 Å². The van der Waals surface area contributed by atoms with Crippen LogP contribution in [0, 0.1) is 0 Å². The maximum atomic E-state index is 14.2.